The number of alkyl halides is 2. The Kier molecular flexibility index (Phi) is 4.30. The molecule has 0 radical (unpaired) electrons. The van der Waals surface area contributed by atoms with Crippen molar-refractivity contribution in [3.05, 3.63) is 29.6 Å². The van der Waals surface area contributed by atoms with E-state index in [4.69, 9.17) is 0 Å². The molecule has 1 aromatic rings. The minimum absolute atomic E-state index is 0.0599. The molecule has 0 fully saturated rings. The minimum atomic E-state index is -2.86. The largest absolute Gasteiger partial charge is 0.464 e. The summed E-state index contributed by atoms with van der Waals surface area (Å²) in [5.74, 6) is -0.619. The Balaban J connectivity index is 2.85. The Morgan fingerprint density at radius 1 is 1.50 bits per heavy atom. The standard InChI is InChI=1S/C10H11F2NO3/c1-6(16-10(11)12)7-3-4-13-8(5-7)9(14)15-2/h3-6,10H,1-2H3. The second-order valence-electron chi connectivity index (χ2n) is 3.00. The van der Waals surface area contributed by atoms with E-state index in [-0.39, 0.29) is 5.69 Å². The van der Waals surface area contributed by atoms with Gasteiger partial charge in [0.15, 0.2) is 0 Å². The molecule has 0 aliphatic heterocycles. The zero-order chi connectivity index (χ0) is 12.1. The summed E-state index contributed by atoms with van der Waals surface area (Å²) in [5.41, 5.74) is 0.500. The van der Waals surface area contributed by atoms with Gasteiger partial charge in [0, 0.05) is 6.20 Å². The average molecular weight is 231 g/mol. The van der Waals surface area contributed by atoms with Crippen molar-refractivity contribution >= 4 is 5.97 Å². The van der Waals surface area contributed by atoms with Crippen LogP contribution in [-0.2, 0) is 9.47 Å². The van der Waals surface area contributed by atoms with Crippen LogP contribution in [0.3, 0.4) is 0 Å². The fourth-order valence-corrected chi connectivity index (χ4v) is 1.15. The zero-order valence-corrected chi connectivity index (χ0v) is 8.81. The van der Waals surface area contributed by atoms with Crippen molar-refractivity contribution in [2.24, 2.45) is 0 Å². The lowest BCUT2D eigenvalue weighted by Gasteiger charge is -2.12. The molecule has 1 heterocycles. The Morgan fingerprint density at radius 3 is 2.75 bits per heavy atom. The first kappa shape index (κ1) is 12.5. The highest BCUT2D eigenvalue weighted by atomic mass is 19.3. The molecule has 0 amide bonds. The summed E-state index contributed by atoms with van der Waals surface area (Å²) in [6.45, 7) is -1.40. The van der Waals surface area contributed by atoms with Crippen LogP contribution in [0.2, 0.25) is 0 Å². The number of hydrogen-bond donors (Lipinski definition) is 0. The van der Waals surface area contributed by atoms with Crippen LogP contribution in [0.4, 0.5) is 8.78 Å². The average Bonchev–Trinajstić information content (AvgIpc) is 2.27. The number of hydrogen-bond acceptors (Lipinski definition) is 4. The van der Waals surface area contributed by atoms with E-state index in [1.54, 1.807) is 0 Å². The van der Waals surface area contributed by atoms with Gasteiger partial charge in [0.2, 0.25) is 0 Å². The fourth-order valence-electron chi connectivity index (χ4n) is 1.15. The Morgan fingerprint density at radius 2 is 2.19 bits per heavy atom. The van der Waals surface area contributed by atoms with Gasteiger partial charge in [-0.2, -0.15) is 8.78 Å². The number of rotatable bonds is 4. The summed E-state index contributed by atoms with van der Waals surface area (Å²) < 4.78 is 32.7. The Labute approximate surface area is 91.2 Å². The number of carbonyl (C=O) groups is 1. The summed E-state index contributed by atoms with van der Waals surface area (Å²) >= 11 is 0. The van der Waals surface area contributed by atoms with Gasteiger partial charge in [0.1, 0.15) is 5.69 Å². The summed E-state index contributed by atoms with van der Waals surface area (Å²) in [7, 11) is 1.22. The molecule has 0 saturated carbocycles. The van der Waals surface area contributed by atoms with Gasteiger partial charge in [-0.3, -0.25) is 0 Å². The van der Waals surface area contributed by atoms with Crippen LogP contribution in [0.15, 0.2) is 18.3 Å². The number of pyridine rings is 1. The lowest BCUT2D eigenvalue weighted by atomic mass is 10.1. The lowest BCUT2D eigenvalue weighted by molar-refractivity contribution is -0.159. The van der Waals surface area contributed by atoms with Gasteiger partial charge in [0.05, 0.1) is 13.2 Å². The van der Waals surface area contributed by atoms with Gasteiger partial charge in [0.25, 0.3) is 0 Å². The molecule has 88 valence electrons. The molecule has 1 unspecified atom stereocenters. The number of carbonyl (C=O) groups excluding carboxylic acids is 1. The maximum Gasteiger partial charge on any atom is 0.356 e. The van der Waals surface area contributed by atoms with Crippen LogP contribution in [-0.4, -0.2) is 24.7 Å². The number of methoxy groups -OCH3 is 1. The van der Waals surface area contributed by atoms with Crippen LogP contribution in [0.1, 0.15) is 29.1 Å². The molecule has 0 aliphatic carbocycles. The maximum absolute atomic E-state index is 12.0. The highest BCUT2D eigenvalue weighted by Gasteiger charge is 2.14. The molecule has 1 aromatic heterocycles. The Hall–Kier alpha value is -1.56. The van der Waals surface area contributed by atoms with E-state index in [9.17, 15) is 13.6 Å². The van der Waals surface area contributed by atoms with Crippen molar-refractivity contribution in [2.45, 2.75) is 19.6 Å². The van der Waals surface area contributed by atoms with Gasteiger partial charge in [-0.1, -0.05) is 0 Å². The minimum Gasteiger partial charge on any atom is -0.464 e. The van der Waals surface area contributed by atoms with Gasteiger partial charge in [-0.25, -0.2) is 9.78 Å². The fraction of sp³-hybridized carbons (Fsp3) is 0.400. The van der Waals surface area contributed by atoms with Crippen molar-refractivity contribution in [3.8, 4) is 0 Å². The summed E-state index contributed by atoms with van der Waals surface area (Å²) in [4.78, 5) is 14.9. The topological polar surface area (TPSA) is 48.4 Å². The van der Waals surface area contributed by atoms with E-state index in [2.05, 4.69) is 14.5 Å². The monoisotopic (exact) mass is 231 g/mol. The first-order valence-electron chi connectivity index (χ1n) is 4.52. The molecule has 0 aliphatic rings. The van der Waals surface area contributed by atoms with E-state index in [0.29, 0.717) is 5.56 Å². The highest BCUT2D eigenvalue weighted by molar-refractivity contribution is 5.87. The summed E-state index contributed by atoms with van der Waals surface area (Å²) in [5, 5.41) is 0. The number of halogens is 2. The predicted molar refractivity (Wildman–Crippen MR) is 51.1 cm³/mol. The third kappa shape index (κ3) is 3.23. The molecule has 1 rings (SSSR count). The van der Waals surface area contributed by atoms with Gasteiger partial charge >= 0.3 is 12.6 Å². The number of ether oxygens (including phenoxy) is 2. The molecule has 16 heavy (non-hydrogen) atoms. The SMILES string of the molecule is COC(=O)c1cc(C(C)OC(F)F)ccn1. The molecule has 0 aromatic carbocycles. The first-order chi connectivity index (χ1) is 7.54. The highest BCUT2D eigenvalue weighted by Crippen LogP contribution is 2.19. The van der Waals surface area contributed by atoms with Crippen LogP contribution in [0, 0.1) is 0 Å². The number of nitrogens with zero attached hydrogens (tertiary/aromatic N) is 1. The molecule has 0 bridgehead atoms. The molecular formula is C10H11F2NO3. The van der Waals surface area contributed by atoms with Crippen molar-refractivity contribution < 1.29 is 23.0 Å². The van der Waals surface area contributed by atoms with Crippen LogP contribution >= 0.6 is 0 Å². The normalized spacial score (nSPS) is 12.6. The second kappa shape index (κ2) is 5.50. The zero-order valence-electron chi connectivity index (χ0n) is 8.81. The van der Waals surface area contributed by atoms with Crippen LogP contribution in [0.5, 0.6) is 0 Å². The van der Waals surface area contributed by atoms with E-state index < -0.39 is 18.7 Å². The summed E-state index contributed by atoms with van der Waals surface area (Å²) in [6, 6.07) is 2.86. The number of esters is 1. The van der Waals surface area contributed by atoms with Gasteiger partial charge in [-0.15, -0.1) is 0 Å². The van der Waals surface area contributed by atoms with E-state index >= 15 is 0 Å². The van der Waals surface area contributed by atoms with Crippen molar-refractivity contribution in [1.82, 2.24) is 4.98 Å². The third-order valence-corrected chi connectivity index (χ3v) is 1.95. The van der Waals surface area contributed by atoms with Crippen LogP contribution < -0.4 is 0 Å². The molecule has 6 heteroatoms. The second-order valence-corrected chi connectivity index (χ2v) is 3.00. The molecule has 0 saturated heterocycles. The quantitative estimate of drug-likeness (QED) is 0.745. The van der Waals surface area contributed by atoms with E-state index in [0.717, 1.165) is 0 Å². The lowest BCUT2D eigenvalue weighted by Crippen LogP contribution is -2.08. The van der Waals surface area contributed by atoms with Gasteiger partial charge in [-0.05, 0) is 24.6 Å². The molecule has 4 nitrogen and oxygen atoms in total. The number of aromatic nitrogens is 1. The van der Waals surface area contributed by atoms with E-state index in [1.165, 1.54) is 32.4 Å². The first-order valence-corrected chi connectivity index (χ1v) is 4.52. The third-order valence-electron chi connectivity index (χ3n) is 1.95. The van der Waals surface area contributed by atoms with Crippen molar-refractivity contribution in [1.29, 1.82) is 0 Å². The molecule has 0 N–H and O–H groups in total. The smallest absolute Gasteiger partial charge is 0.356 e. The molecular weight excluding hydrogens is 220 g/mol. The van der Waals surface area contributed by atoms with Crippen molar-refractivity contribution in [2.75, 3.05) is 7.11 Å². The molecule has 0 spiro atoms. The predicted octanol–water partition coefficient (Wildman–Crippen LogP) is 2.17. The van der Waals surface area contributed by atoms with Crippen molar-refractivity contribution in [3.63, 3.8) is 0 Å². The van der Waals surface area contributed by atoms with E-state index in [1.807, 2.05) is 0 Å². The maximum atomic E-state index is 12.0. The molecule has 1 atom stereocenters. The van der Waals surface area contributed by atoms with Gasteiger partial charge < -0.3 is 9.47 Å². The Bertz CT molecular complexity index is 371. The van der Waals surface area contributed by atoms with Crippen LogP contribution in [0.25, 0.3) is 0 Å². The summed E-state index contributed by atoms with van der Waals surface area (Å²) in [6.07, 6.45) is 0.527.